The molecule has 0 bridgehead atoms. The topological polar surface area (TPSA) is 49.8 Å². The van der Waals surface area contributed by atoms with E-state index in [9.17, 15) is 13.2 Å². The molecule has 1 aromatic heterocycles. The van der Waals surface area contributed by atoms with Crippen molar-refractivity contribution >= 4 is 23.5 Å². The summed E-state index contributed by atoms with van der Waals surface area (Å²) < 4.78 is 38.7. The van der Waals surface area contributed by atoms with E-state index in [0.29, 0.717) is 6.54 Å². The third kappa shape index (κ3) is 5.99. The molecule has 0 aliphatic carbocycles. The van der Waals surface area contributed by atoms with Gasteiger partial charge < -0.3 is 10.6 Å². The van der Waals surface area contributed by atoms with Crippen LogP contribution in [0.2, 0.25) is 0 Å². The lowest BCUT2D eigenvalue weighted by Crippen LogP contribution is -2.23. The highest BCUT2D eigenvalue weighted by atomic mass is 32.2. The third-order valence-electron chi connectivity index (χ3n) is 2.76. The van der Waals surface area contributed by atoms with Gasteiger partial charge in [-0.2, -0.15) is 29.9 Å². The molecule has 1 unspecified atom stereocenters. The smallest absolute Gasteiger partial charge is 0.366 e. The van der Waals surface area contributed by atoms with Crippen LogP contribution in [-0.4, -0.2) is 34.6 Å². The van der Waals surface area contributed by atoms with Gasteiger partial charge in [0, 0.05) is 24.4 Å². The van der Waals surface area contributed by atoms with Crippen molar-refractivity contribution < 1.29 is 13.2 Å². The molecule has 0 aromatic carbocycles. The largest absolute Gasteiger partial charge is 0.433 e. The fraction of sp³-hybridized carbons (Fsp3) is 0.692. The van der Waals surface area contributed by atoms with Crippen molar-refractivity contribution in [2.45, 2.75) is 38.9 Å². The Hall–Kier alpha value is -1.18. The Morgan fingerprint density at radius 1 is 1.29 bits per heavy atom. The third-order valence-corrected chi connectivity index (χ3v) is 3.50. The lowest BCUT2D eigenvalue weighted by atomic mass is 10.2. The fourth-order valence-corrected chi connectivity index (χ4v) is 2.38. The molecule has 1 heterocycles. The Kier molecular flexibility index (Phi) is 7.07. The van der Waals surface area contributed by atoms with Gasteiger partial charge in [0.25, 0.3) is 0 Å². The molecule has 0 aliphatic rings. The number of aromatic nitrogens is 2. The van der Waals surface area contributed by atoms with E-state index in [1.165, 1.54) is 0 Å². The molecule has 8 heteroatoms. The van der Waals surface area contributed by atoms with Gasteiger partial charge >= 0.3 is 6.18 Å². The van der Waals surface area contributed by atoms with Gasteiger partial charge in [0.1, 0.15) is 5.82 Å². The Balaban J connectivity index is 3.00. The lowest BCUT2D eigenvalue weighted by molar-refractivity contribution is -0.141. The molecule has 0 fully saturated rings. The molecule has 21 heavy (non-hydrogen) atoms. The number of thioether (sulfide) groups is 1. The molecule has 0 aliphatic heterocycles. The van der Waals surface area contributed by atoms with E-state index in [1.54, 1.807) is 11.8 Å². The van der Waals surface area contributed by atoms with Crippen LogP contribution in [0.15, 0.2) is 6.07 Å². The van der Waals surface area contributed by atoms with Crippen LogP contribution in [0.4, 0.5) is 24.9 Å². The highest BCUT2D eigenvalue weighted by Gasteiger charge is 2.33. The van der Waals surface area contributed by atoms with Gasteiger partial charge in [0.15, 0.2) is 5.69 Å². The second-order valence-corrected chi connectivity index (χ2v) is 5.50. The maximum absolute atomic E-state index is 12.9. The minimum atomic E-state index is -4.48. The number of alkyl halides is 3. The summed E-state index contributed by atoms with van der Waals surface area (Å²) in [5, 5.41) is 5.85. The van der Waals surface area contributed by atoms with Gasteiger partial charge in [0.05, 0.1) is 0 Å². The van der Waals surface area contributed by atoms with Gasteiger partial charge in [-0.05, 0) is 19.1 Å². The monoisotopic (exact) mass is 322 g/mol. The van der Waals surface area contributed by atoms with E-state index in [0.717, 1.165) is 24.7 Å². The highest BCUT2D eigenvalue weighted by molar-refractivity contribution is 7.98. The van der Waals surface area contributed by atoms with Crippen molar-refractivity contribution in [2.24, 2.45) is 0 Å². The summed E-state index contributed by atoms with van der Waals surface area (Å²) in [5.74, 6) is 1.02. The summed E-state index contributed by atoms with van der Waals surface area (Å²) in [7, 11) is 0. The number of hydrogen-bond donors (Lipinski definition) is 2. The number of nitrogens with one attached hydrogen (secondary N) is 2. The lowest BCUT2D eigenvalue weighted by Gasteiger charge is -2.18. The zero-order valence-electron chi connectivity index (χ0n) is 12.4. The van der Waals surface area contributed by atoms with Gasteiger partial charge in [-0.25, -0.2) is 4.98 Å². The van der Waals surface area contributed by atoms with Crippen LogP contribution in [0, 0.1) is 0 Å². The quantitative estimate of drug-likeness (QED) is 0.761. The Morgan fingerprint density at radius 2 is 2.00 bits per heavy atom. The average molecular weight is 322 g/mol. The first kappa shape index (κ1) is 17.9. The first-order valence-electron chi connectivity index (χ1n) is 6.86. The minimum absolute atomic E-state index is 0.00757. The van der Waals surface area contributed by atoms with Crippen molar-refractivity contribution in [2.75, 3.05) is 29.2 Å². The van der Waals surface area contributed by atoms with Crippen LogP contribution in [-0.2, 0) is 6.18 Å². The highest BCUT2D eigenvalue weighted by Crippen LogP contribution is 2.30. The van der Waals surface area contributed by atoms with Crippen molar-refractivity contribution in [3.05, 3.63) is 11.8 Å². The molecule has 0 radical (unpaired) electrons. The molecule has 120 valence electrons. The molecule has 2 N–H and O–H groups in total. The Bertz CT molecular complexity index is 440. The summed E-state index contributed by atoms with van der Waals surface area (Å²) >= 11 is 1.64. The molecular formula is C13H21F3N4S. The number of anilines is 2. The summed E-state index contributed by atoms with van der Waals surface area (Å²) in [6.45, 7) is 4.43. The van der Waals surface area contributed by atoms with E-state index in [1.807, 2.05) is 20.1 Å². The SMILES string of the molecule is CCCNc1nc(NC(CC)CSC)cc(C(F)(F)F)n1. The number of nitrogens with zero attached hydrogens (tertiary/aromatic N) is 2. The average Bonchev–Trinajstić information content (AvgIpc) is 2.43. The molecule has 4 nitrogen and oxygen atoms in total. The zero-order chi connectivity index (χ0) is 15.9. The molecule has 1 rings (SSSR count). The summed E-state index contributed by atoms with van der Waals surface area (Å²) in [6, 6.07) is 1.04. The number of halogens is 3. The Morgan fingerprint density at radius 3 is 2.52 bits per heavy atom. The zero-order valence-corrected chi connectivity index (χ0v) is 13.2. The second kappa shape index (κ2) is 8.31. The number of hydrogen-bond acceptors (Lipinski definition) is 5. The maximum Gasteiger partial charge on any atom is 0.433 e. The first-order chi connectivity index (χ1) is 9.90. The molecule has 0 saturated heterocycles. The molecular weight excluding hydrogens is 301 g/mol. The van der Waals surface area contributed by atoms with E-state index in [4.69, 9.17) is 0 Å². The van der Waals surface area contributed by atoms with Crippen LogP contribution in [0.25, 0.3) is 0 Å². The first-order valence-corrected chi connectivity index (χ1v) is 8.25. The van der Waals surface area contributed by atoms with E-state index in [-0.39, 0.29) is 17.8 Å². The van der Waals surface area contributed by atoms with E-state index in [2.05, 4.69) is 20.6 Å². The standard InChI is InChI=1S/C13H21F3N4S/c1-4-6-17-12-19-10(13(14,15)16)7-11(20-12)18-9(5-2)8-21-3/h7,9H,4-6,8H2,1-3H3,(H2,17,18,19,20). The van der Waals surface area contributed by atoms with Crippen LogP contribution in [0.3, 0.4) is 0 Å². The van der Waals surface area contributed by atoms with Crippen molar-refractivity contribution in [3.63, 3.8) is 0 Å². The maximum atomic E-state index is 12.9. The van der Waals surface area contributed by atoms with Crippen LogP contribution in [0.1, 0.15) is 32.4 Å². The van der Waals surface area contributed by atoms with Crippen molar-refractivity contribution in [1.82, 2.24) is 9.97 Å². The van der Waals surface area contributed by atoms with Crippen molar-refractivity contribution in [1.29, 1.82) is 0 Å². The molecule has 0 amide bonds. The summed E-state index contributed by atoms with van der Waals surface area (Å²) in [6.07, 6.45) is -0.931. The van der Waals surface area contributed by atoms with Crippen LogP contribution >= 0.6 is 11.8 Å². The predicted octanol–water partition coefficient (Wildman–Crippen LogP) is 3.87. The van der Waals surface area contributed by atoms with Gasteiger partial charge in [-0.3, -0.25) is 0 Å². The second-order valence-electron chi connectivity index (χ2n) is 4.59. The van der Waals surface area contributed by atoms with Crippen LogP contribution < -0.4 is 10.6 Å². The summed E-state index contributed by atoms with van der Waals surface area (Å²) in [4.78, 5) is 7.64. The van der Waals surface area contributed by atoms with Gasteiger partial charge in [-0.15, -0.1) is 0 Å². The summed E-state index contributed by atoms with van der Waals surface area (Å²) in [5.41, 5.74) is -0.933. The van der Waals surface area contributed by atoms with Gasteiger partial charge in [0.2, 0.25) is 5.95 Å². The Labute approximate surface area is 127 Å². The van der Waals surface area contributed by atoms with Crippen LogP contribution in [0.5, 0.6) is 0 Å². The molecule has 1 atom stereocenters. The van der Waals surface area contributed by atoms with Gasteiger partial charge in [-0.1, -0.05) is 13.8 Å². The minimum Gasteiger partial charge on any atom is -0.366 e. The molecule has 1 aromatic rings. The fourth-order valence-electron chi connectivity index (χ4n) is 1.65. The normalized spacial score (nSPS) is 13.0. The molecule has 0 spiro atoms. The van der Waals surface area contributed by atoms with E-state index < -0.39 is 11.9 Å². The van der Waals surface area contributed by atoms with E-state index >= 15 is 0 Å². The van der Waals surface area contributed by atoms with Crippen molar-refractivity contribution in [3.8, 4) is 0 Å². The predicted molar refractivity (Wildman–Crippen MR) is 81.9 cm³/mol. The number of rotatable bonds is 8. The molecule has 0 saturated carbocycles.